The van der Waals surface area contributed by atoms with Gasteiger partial charge in [-0.2, -0.15) is 0 Å². The second-order valence-corrected chi connectivity index (χ2v) is 4.91. The SMILES string of the molecule is O=C(O)[C@H]1CC(=O)N(C2CC2)[C@H]1c1cccnc1. The van der Waals surface area contributed by atoms with Crippen molar-refractivity contribution in [3.05, 3.63) is 30.1 Å². The second-order valence-electron chi connectivity index (χ2n) is 4.91. The van der Waals surface area contributed by atoms with Crippen molar-refractivity contribution >= 4 is 11.9 Å². The van der Waals surface area contributed by atoms with Gasteiger partial charge in [0.15, 0.2) is 0 Å². The molecule has 18 heavy (non-hydrogen) atoms. The number of carboxylic acids is 1. The van der Waals surface area contributed by atoms with Crippen LogP contribution in [0.15, 0.2) is 24.5 Å². The van der Waals surface area contributed by atoms with Crippen LogP contribution >= 0.6 is 0 Å². The Morgan fingerprint density at radius 3 is 2.78 bits per heavy atom. The van der Waals surface area contributed by atoms with E-state index in [2.05, 4.69) is 4.98 Å². The zero-order valence-electron chi connectivity index (χ0n) is 9.82. The predicted octanol–water partition coefficient (Wildman–Crippen LogP) is 1.22. The van der Waals surface area contributed by atoms with Crippen LogP contribution in [-0.2, 0) is 9.59 Å². The van der Waals surface area contributed by atoms with Crippen LogP contribution in [-0.4, -0.2) is 32.9 Å². The summed E-state index contributed by atoms with van der Waals surface area (Å²) in [6.07, 6.45) is 5.38. The van der Waals surface area contributed by atoms with E-state index in [0.29, 0.717) is 0 Å². The highest BCUT2D eigenvalue weighted by molar-refractivity contribution is 5.87. The Bertz CT molecular complexity index is 484. The zero-order valence-corrected chi connectivity index (χ0v) is 9.82. The van der Waals surface area contributed by atoms with Crippen molar-refractivity contribution in [2.24, 2.45) is 5.92 Å². The van der Waals surface area contributed by atoms with E-state index in [4.69, 9.17) is 0 Å². The summed E-state index contributed by atoms with van der Waals surface area (Å²) in [5, 5.41) is 9.28. The van der Waals surface area contributed by atoms with Crippen molar-refractivity contribution in [1.82, 2.24) is 9.88 Å². The molecule has 5 nitrogen and oxygen atoms in total. The monoisotopic (exact) mass is 246 g/mol. The van der Waals surface area contributed by atoms with E-state index >= 15 is 0 Å². The Morgan fingerprint density at radius 1 is 1.44 bits per heavy atom. The first-order valence-electron chi connectivity index (χ1n) is 6.12. The number of nitrogens with zero attached hydrogens (tertiary/aromatic N) is 2. The molecular formula is C13H14N2O3. The highest BCUT2D eigenvalue weighted by Gasteiger charge is 2.49. The summed E-state index contributed by atoms with van der Waals surface area (Å²) in [6.45, 7) is 0. The van der Waals surface area contributed by atoms with Gasteiger partial charge in [-0.15, -0.1) is 0 Å². The molecule has 1 aromatic rings. The Balaban J connectivity index is 1.99. The number of rotatable bonds is 3. The first-order chi connectivity index (χ1) is 8.68. The highest BCUT2D eigenvalue weighted by Crippen LogP contribution is 2.44. The third-order valence-electron chi connectivity index (χ3n) is 3.65. The van der Waals surface area contributed by atoms with E-state index in [1.807, 2.05) is 6.07 Å². The lowest BCUT2D eigenvalue weighted by atomic mass is 9.95. The summed E-state index contributed by atoms with van der Waals surface area (Å²) in [5.74, 6) is -1.60. The van der Waals surface area contributed by atoms with Gasteiger partial charge in [0.2, 0.25) is 5.91 Å². The molecule has 1 N–H and O–H groups in total. The second kappa shape index (κ2) is 4.08. The largest absolute Gasteiger partial charge is 0.481 e. The molecule has 0 radical (unpaired) electrons. The van der Waals surface area contributed by atoms with Gasteiger partial charge in [0.25, 0.3) is 0 Å². The molecule has 5 heteroatoms. The number of carbonyl (C=O) groups excluding carboxylic acids is 1. The fourth-order valence-corrected chi connectivity index (χ4v) is 2.70. The first-order valence-corrected chi connectivity index (χ1v) is 6.12. The van der Waals surface area contributed by atoms with E-state index in [0.717, 1.165) is 18.4 Å². The Morgan fingerprint density at radius 2 is 2.22 bits per heavy atom. The molecular weight excluding hydrogens is 232 g/mol. The molecule has 94 valence electrons. The summed E-state index contributed by atoms with van der Waals surface area (Å²) in [4.78, 5) is 29.1. The van der Waals surface area contributed by atoms with E-state index in [1.54, 1.807) is 23.4 Å². The van der Waals surface area contributed by atoms with Crippen molar-refractivity contribution in [3.63, 3.8) is 0 Å². The number of carboxylic acid groups (broad SMARTS) is 1. The van der Waals surface area contributed by atoms with Crippen LogP contribution in [0.2, 0.25) is 0 Å². The minimum atomic E-state index is -0.902. The van der Waals surface area contributed by atoms with Crippen LogP contribution in [0.5, 0.6) is 0 Å². The van der Waals surface area contributed by atoms with Gasteiger partial charge in [-0.3, -0.25) is 14.6 Å². The van der Waals surface area contributed by atoms with Gasteiger partial charge < -0.3 is 10.0 Å². The van der Waals surface area contributed by atoms with Crippen LogP contribution in [0.25, 0.3) is 0 Å². The molecule has 0 aromatic carbocycles. The van der Waals surface area contributed by atoms with Crippen LogP contribution in [0.4, 0.5) is 0 Å². The van der Waals surface area contributed by atoms with Crippen LogP contribution in [0.1, 0.15) is 30.9 Å². The molecule has 1 aliphatic heterocycles. The number of carbonyl (C=O) groups is 2. The fraction of sp³-hybridized carbons (Fsp3) is 0.462. The number of amides is 1. The van der Waals surface area contributed by atoms with Crippen molar-refractivity contribution in [2.45, 2.75) is 31.3 Å². The zero-order chi connectivity index (χ0) is 12.7. The lowest BCUT2D eigenvalue weighted by Gasteiger charge is -2.26. The molecule has 2 fully saturated rings. The van der Waals surface area contributed by atoms with Crippen LogP contribution < -0.4 is 0 Å². The van der Waals surface area contributed by atoms with Gasteiger partial charge >= 0.3 is 5.97 Å². The molecule has 3 rings (SSSR count). The Kier molecular flexibility index (Phi) is 2.54. The molecule has 0 bridgehead atoms. The molecule has 2 aliphatic rings. The Labute approximate surface area is 104 Å². The molecule has 0 spiro atoms. The quantitative estimate of drug-likeness (QED) is 0.870. The molecule has 2 atom stereocenters. The average molecular weight is 246 g/mol. The molecule has 1 saturated carbocycles. The van der Waals surface area contributed by atoms with Gasteiger partial charge in [-0.1, -0.05) is 6.07 Å². The first kappa shape index (κ1) is 11.2. The van der Waals surface area contributed by atoms with Crippen molar-refractivity contribution in [1.29, 1.82) is 0 Å². The summed E-state index contributed by atoms with van der Waals surface area (Å²) in [5.41, 5.74) is 0.822. The van der Waals surface area contributed by atoms with Gasteiger partial charge in [0.05, 0.1) is 12.0 Å². The number of aliphatic carboxylic acids is 1. The maximum absolute atomic E-state index is 12.0. The predicted molar refractivity (Wildman–Crippen MR) is 62.6 cm³/mol. The lowest BCUT2D eigenvalue weighted by Crippen LogP contribution is -2.32. The van der Waals surface area contributed by atoms with Crippen LogP contribution in [0, 0.1) is 5.92 Å². The van der Waals surface area contributed by atoms with Gasteiger partial charge in [-0.25, -0.2) is 0 Å². The maximum Gasteiger partial charge on any atom is 0.309 e. The third kappa shape index (κ3) is 1.75. The summed E-state index contributed by atoms with van der Waals surface area (Å²) in [7, 11) is 0. The van der Waals surface area contributed by atoms with Crippen LogP contribution in [0.3, 0.4) is 0 Å². The smallest absolute Gasteiger partial charge is 0.309 e. The number of pyridine rings is 1. The van der Waals surface area contributed by atoms with E-state index in [-0.39, 0.29) is 24.4 Å². The highest BCUT2D eigenvalue weighted by atomic mass is 16.4. The molecule has 0 unspecified atom stereocenters. The fourth-order valence-electron chi connectivity index (χ4n) is 2.70. The maximum atomic E-state index is 12.0. The number of likely N-dealkylation sites (tertiary alicyclic amines) is 1. The Hall–Kier alpha value is -1.91. The normalized spacial score (nSPS) is 27.6. The van der Waals surface area contributed by atoms with E-state index in [9.17, 15) is 14.7 Å². The van der Waals surface area contributed by atoms with Gasteiger partial charge in [0.1, 0.15) is 0 Å². The summed E-state index contributed by atoms with van der Waals surface area (Å²) < 4.78 is 0. The summed E-state index contributed by atoms with van der Waals surface area (Å²) >= 11 is 0. The number of aromatic nitrogens is 1. The average Bonchev–Trinajstić information content (AvgIpc) is 3.13. The van der Waals surface area contributed by atoms with Crippen molar-refractivity contribution < 1.29 is 14.7 Å². The van der Waals surface area contributed by atoms with E-state index in [1.165, 1.54) is 0 Å². The summed E-state index contributed by atoms with van der Waals surface area (Å²) in [6, 6.07) is 3.51. The topological polar surface area (TPSA) is 70.5 Å². The van der Waals surface area contributed by atoms with E-state index < -0.39 is 11.9 Å². The standard InChI is InChI=1S/C13H14N2O3/c16-11-6-10(13(17)18)12(15(11)9-3-4-9)8-2-1-5-14-7-8/h1-2,5,7,9-10,12H,3-4,6H2,(H,17,18)/t10-,12-/m0/s1. The molecule has 1 aliphatic carbocycles. The third-order valence-corrected chi connectivity index (χ3v) is 3.65. The lowest BCUT2D eigenvalue weighted by molar-refractivity contribution is -0.142. The molecule has 1 saturated heterocycles. The van der Waals surface area contributed by atoms with Crippen molar-refractivity contribution in [2.75, 3.05) is 0 Å². The van der Waals surface area contributed by atoms with Gasteiger partial charge in [-0.05, 0) is 24.5 Å². The molecule has 1 amide bonds. The van der Waals surface area contributed by atoms with Crippen molar-refractivity contribution in [3.8, 4) is 0 Å². The minimum absolute atomic E-state index is 0.0428. The van der Waals surface area contributed by atoms with Gasteiger partial charge in [0, 0.05) is 24.9 Å². The minimum Gasteiger partial charge on any atom is -0.481 e. The number of hydrogen-bond donors (Lipinski definition) is 1. The number of hydrogen-bond acceptors (Lipinski definition) is 3. The molecule has 2 heterocycles. The molecule has 1 aromatic heterocycles.